The highest BCUT2D eigenvalue weighted by molar-refractivity contribution is 5.91. The molecule has 3 heteroatoms. The number of hydrogen-bond acceptors (Lipinski definition) is 2. The smallest absolute Gasteiger partial charge is 0.244 e. The number of nitrogens with zero attached hydrogens (tertiary/aromatic N) is 1. The highest BCUT2D eigenvalue weighted by atomic mass is 16.1. The molecule has 90 valence electrons. The van der Waals surface area contributed by atoms with Gasteiger partial charge < -0.3 is 5.32 Å². The van der Waals surface area contributed by atoms with Crippen molar-refractivity contribution < 1.29 is 4.79 Å². The molecular weight excluding hydrogens is 212 g/mol. The Kier molecular flexibility index (Phi) is 3.91. The van der Waals surface area contributed by atoms with Crippen LogP contribution in [0.15, 0.2) is 30.6 Å². The third kappa shape index (κ3) is 3.70. The summed E-state index contributed by atoms with van der Waals surface area (Å²) in [5.74, 6) is 0.732. The Bertz CT molecular complexity index is 400. The van der Waals surface area contributed by atoms with Crippen LogP contribution in [0.25, 0.3) is 6.08 Å². The van der Waals surface area contributed by atoms with E-state index in [9.17, 15) is 4.79 Å². The van der Waals surface area contributed by atoms with Gasteiger partial charge >= 0.3 is 0 Å². The average Bonchev–Trinajstić information content (AvgIpc) is 2.73. The Morgan fingerprint density at radius 2 is 2.41 bits per heavy atom. The summed E-state index contributed by atoms with van der Waals surface area (Å²) in [4.78, 5) is 15.7. The van der Waals surface area contributed by atoms with Crippen LogP contribution in [0, 0.1) is 5.92 Å². The fourth-order valence-electron chi connectivity index (χ4n) is 2.23. The Balaban J connectivity index is 1.83. The lowest BCUT2D eigenvalue weighted by atomic mass is 10.1. The number of nitrogens with one attached hydrogen (secondary N) is 1. The molecule has 1 fully saturated rings. The van der Waals surface area contributed by atoms with Crippen LogP contribution < -0.4 is 5.32 Å². The van der Waals surface area contributed by atoms with Crippen molar-refractivity contribution in [3.8, 4) is 0 Å². The second kappa shape index (κ2) is 5.62. The van der Waals surface area contributed by atoms with Gasteiger partial charge in [0.15, 0.2) is 0 Å². The molecule has 2 unspecified atom stereocenters. The fourth-order valence-corrected chi connectivity index (χ4v) is 2.23. The van der Waals surface area contributed by atoms with Crippen LogP contribution in [0.1, 0.15) is 31.7 Å². The number of rotatable bonds is 3. The fraction of sp³-hybridized carbons (Fsp3) is 0.429. The van der Waals surface area contributed by atoms with Gasteiger partial charge in [0.2, 0.25) is 5.91 Å². The molecule has 1 aliphatic carbocycles. The minimum Gasteiger partial charge on any atom is -0.350 e. The van der Waals surface area contributed by atoms with Gasteiger partial charge in [0.1, 0.15) is 0 Å². The van der Waals surface area contributed by atoms with Gasteiger partial charge in [0.05, 0.1) is 0 Å². The van der Waals surface area contributed by atoms with E-state index in [1.165, 1.54) is 6.42 Å². The van der Waals surface area contributed by atoms with Crippen LogP contribution in [-0.4, -0.2) is 16.9 Å². The molecule has 2 atom stereocenters. The number of amides is 1. The zero-order valence-electron chi connectivity index (χ0n) is 10.1. The summed E-state index contributed by atoms with van der Waals surface area (Å²) in [6.45, 7) is 2.23. The maximum atomic E-state index is 11.7. The first-order chi connectivity index (χ1) is 8.24. The normalized spacial score (nSPS) is 24.1. The molecule has 0 bridgehead atoms. The van der Waals surface area contributed by atoms with Gasteiger partial charge in [-0.15, -0.1) is 0 Å². The average molecular weight is 230 g/mol. The molecule has 1 aliphatic rings. The van der Waals surface area contributed by atoms with E-state index in [1.807, 2.05) is 12.1 Å². The van der Waals surface area contributed by atoms with Crippen LogP contribution in [0.4, 0.5) is 0 Å². The van der Waals surface area contributed by atoms with Crippen molar-refractivity contribution in [3.63, 3.8) is 0 Å². The molecule has 0 aromatic carbocycles. The molecular formula is C14H18N2O. The molecule has 1 aromatic heterocycles. The van der Waals surface area contributed by atoms with Crippen LogP contribution in [-0.2, 0) is 4.79 Å². The van der Waals surface area contributed by atoms with Gasteiger partial charge in [-0.3, -0.25) is 9.78 Å². The molecule has 17 heavy (non-hydrogen) atoms. The van der Waals surface area contributed by atoms with Crippen molar-refractivity contribution in [1.82, 2.24) is 10.3 Å². The second-order valence-corrected chi connectivity index (χ2v) is 4.74. The van der Waals surface area contributed by atoms with E-state index >= 15 is 0 Å². The number of pyridine rings is 1. The van der Waals surface area contributed by atoms with Crippen LogP contribution in [0.3, 0.4) is 0 Å². The summed E-state index contributed by atoms with van der Waals surface area (Å²) < 4.78 is 0. The molecule has 1 N–H and O–H groups in total. The van der Waals surface area contributed by atoms with E-state index in [2.05, 4.69) is 17.2 Å². The quantitative estimate of drug-likeness (QED) is 0.810. The Labute approximate surface area is 102 Å². The van der Waals surface area contributed by atoms with Gasteiger partial charge in [0, 0.05) is 24.5 Å². The van der Waals surface area contributed by atoms with Crippen molar-refractivity contribution in [3.05, 3.63) is 36.2 Å². The lowest BCUT2D eigenvalue weighted by Crippen LogP contribution is -2.31. The summed E-state index contributed by atoms with van der Waals surface area (Å²) in [5, 5.41) is 3.03. The molecule has 0 saturated heterocycles. The van der Waals surface area contributed by atoms with Crippen LogP contribution >= 0.6 is 0 Å². The maximum absolute atomic E-state index is 11.7. The van der Waals surface area contributed by atoms with Gasteiger partial charge in [-0.2, -0.15) is 0 Å². The standard InChI is InChI=1S/C14H18N2O/c1-11-4-6-13(9-11)16-14(17)7-5-12-3-2-8-15-10-12/h2-3,5,7-8,10-11,13H,4,6,9H2,1H3,(H,16,17)/b7-5+. The highest BCUT2D eigenvalue weighted by Crippen LogP contribution is 2.24. The predicted molar refractivity (Wildman–Crippen MR) is 68.2 cm³/mol. The van der Waals surface area contributed by atoms with E-state index in [4.69, 9.17) is 0 Å². The Hall–Kier alpha value is -1.64. The third-order valence-corrected chi connectivity index (χ3v) is 3.15. The number of hydrogen-bond donors (Lipinski definition) is 1. The largest absolute Gasteiger partial charge is 0.350 e. The summed E-state index contributed by atoms with van der Waals surface area (Å²) in [5.41, 5.74) is 0.947. The molecule has 0 radical (unpaired) electrons. The van der Waals surface area contributed by atoms with Gasteiger partial charge in [0.25, 0.3) is 0 Å². The van der Waals surface area contributed by atoms with Crippen LogP contribution in [0.5, 0.6) is 0 Å². The van der Waals surface area contributed by atoms with Crippen molar-refractivity contribution in [2.24, 2.45) is 5.92 Å². The number of carbonyl (C=O) groups is 1. The monoisotopic (exact) mass is 230 g/mol. The molecule has 1 amide bonds. The lowest BCUT2D eigenvalue weighted by molar-refractivity contribution is -0.117. The maximum Gasteiger partial charge on any atom is 0.244 e. The first kappa shape index (κ1) is 11.8. The predicted octanol–water partition coefficient (Wildman–Crippen LogP) is 2.40. The minimum atomic E-state index is -0.00652. The van der Waals surface area contributed by atoms with E-state index in [0.29, 0.717) is 6.04 Å². The van der Waals surface area contributed by atoms with E-state index in [-0.39, 0.29) is 5.91 Å². The topological polar surface area (TPSA) is 42.0 Å². The first-order valence-corrected chi connectivity index (χ1v) is 6.12. The van der Waals surface area contributed by atoms with E-state index in [1.54, 1.807) is 24.5 Å². The molecule has 1 heterocycles. The molecule has 1 aromatic rings. The molecule has 0 aliphatic heterocycles. The summed E-state index contributed by atoms with van der Waals surface area (Å²) >= 11 is 0. The van der Waals surface area contributed by atoms with Crippen molar-refractivity contribution in [2.45, 2.75) is 32.2 Å². The molecule has 1 saturated carbocycles. The van der Waals surface area contributed by atoms with Gasteiger partial charge in [-0.1, -0.05) is 13.0 Å². The molecule has 0 spiro atoms. The van der Waals surface area contributed by atoms with Gasteiger partial charge in [-0.25, -0.2) is 0 Å². The van der Waals surface area contributed by atoms with Gasteiger partial charge in [-0.05, 0) is 42.9 Å². The molecule has 3 nitrogen and oxygen atoms in total. The van der Waals surface area contributed by atoms with Crippen molar-refractivity contribution in [1.29, 1.82) is 0 Å². The summed E-state index contributed by atoms with van der Waals surface area (Å²) in [6, 6.07) is 4.14. The van der Waals surface area contributed by atoms with E-state index in [0.717, 1.165) is 24.3 Å². The minimum absolute atomic E-state index is 0.00652. The SMILES string of the molecule is CC1CCC(NC(=O)/C=C/c2cccnc2)C1. The van der Waals surface area contributed by atoms with Crippen molar-refractivity contribution >= 4 is 12.0 Å². The van der Waals surface area contributed by atoms with Crippen molar-refractivity contribution in [2.75, 3.05) is 0 Å². The Morgan fingerprint density at radius 3 is 3.06 bits per heavy atom. The lowest BCUT2D eigenvalue weighted by Gasteiger charge is -2.09. The number of aromatic nitrogens is 1. The second-order valence-electron chi connectivity index (χ2n) is 4.74. The zero-order valence-corrected chi connectivity index (χ0v) is 10.1. The third-order valence-electron chi connectivity index (χ3n) is 3.15. The summed E-state index contributed by atoms with van der Waals surface area (Å²) in [7, 11) is 0. The highest BCUT2D eigenvalue weighted by Gasteiger charge is 2.21. The summed E-state index contributed by atoms with van der Waals surface area (Å²) in [6.07, 6.45) is 10.3. The first-order valence-electron chi connectivity index (χ1n) is 6.12. The number of carbonyl (C=O) groups excluding carboxylic acids is 1. The Morgan fingerprint density at radius 1 is 1.53 bits per heavy atom. The molecule has 2 rings (SSSR count). The van der Waals surface area contributed by atoms with Crippen LogP contribution in [0.2, 0.25) is 0 Å². The van der Waals surface area contributed by atoms with E-state index < -0.39 is 0 Å². The zero-order chi connectivity index (χ0) is 12.1.